The Hall–Kier alpha value is -2.53. The molecule has 0 saturated carbocycles. The zero-order valence-electron chi connectivity index (χ0n) is 11.7. The molecule has 2 heterocycles. The molecule has 1 aromatic heterocycles. The average molecular weight is 284 g/mol. The van der Waals surface area contributed by atoms with Crippen LogP contribution >= 0.6 is 0 Å². The van der Waals surface area contributed by atoms with Crippen molar-refractivity contribution in [2.45, 2.75) is 6.54 Å². The van der Waals surface area contributed by atoms with Crippen molar-refractivity contribution in [2.24, 2.45) is 0 Å². The van der Waals surface area contributed by atoms with Crippen LogP contribution in [-0.4, -0.2) is 25.3 Å². The van der Waals surface area contributed by atoms with E-state index in [0.717, 1.165) is 21.2 Å². The maximum Gasteiger partial charge on any atom is 0.411 e. The number of rotatable bonds is 5. The quantitative estimate of drug-likeness (QED) is 0.583. The van der Waals surface area contributed by atoms with Gasteiger partial charge < -0.3 is 9.32 Å². The maximum absolute atomic E-state index is 12.3. The first-order valence-corrected chi connectivity index (χ1v) is 6.78. The van der Waals surface area contributed by atoms with Gasteiger partial charge in [0, 0.05) is 11.6 Å². The summed E-state index contributed by atoms with van der Waals surface area (Å²) in [6.45, 7) is 1.04. The van der Waals surface area contributed by atoms with Gasteiger partial charge in [-0.05, 0) is 24.3 Å². The van der Waals surface area contributed by atoms with Gasteiger partial charge in [0.15, 0.2) is 5.76 Å². The van der Waals surface area contributed by atoms with E-state index in [0.29, 0.717) is 18.7 Å². The van der Waals surface area contributed by atoms with Gasteiger partial charge in [0.2, 0.25) is 11.1 Å². The van der Waals surface area contributed by atoms with Crippen molar-refractivity contribution in [1.82, 2.24) is 0 Å². The molecule has 106 valence electrons. The SMILES string of the molecule is C[NH+](CC(=O)c1ccc2c(c1)=CC(=O)[NH+]=2)Cc1ccco1. The Morgan fingerprint density at radius 2 is 2.19 bits per heavy atom. The minimum absolute atomic E-state index is 0.0506. The third kappa shape index (κ3) is 2.98. The zero-order chi connectivity index (χ0) is 14.8. The molecule has 0 bridgehead atoms. The predicted octanol–water partition coefficient (Wildman–Crippen LogP) is -2.80. The number of fused-ring (bicyclic) bond motifs is 1. The topological polar surface area (TPSA) is 65.7 Å². The first kappa shape index (κ1) is 13.5. The van der Waals surface area contributed by atoms with Crippen LogP contribution in [0.25, 0.3) is 6.08 Å². The molecule has 0 radical (unpaired) electrons. The summed E-state index contributed by atoms with van der Waals surface area (Å²) in [5, 5.41) is 1.53. The highest BCUT2D eigenvalue weighted by Gasteiger charge is 2.16. The third-order valence-corrected chi connectivity index (χ3v) is 3.44. The molecule has 21 heavy (non-hydrogen) atoms. The maximum atomic E-state index is 12.3. The van der Waals surface area contributed by atoms with Gasteiger partial charge in [0.25, 0.3) is 0 Å². The molecule has 0 fully saturated rings. The standard InChI is InChI=1S/C16H14N2O3/c1-18(9-13-3-2-6-21-13)10-15(19)11-4-5-14-12(7-11)8-16(20)17-14/h2-8H,9-10H2,1H3/p+2. The summed E-state index contributed by atoms with van der Waals surface area (Å²) in [7, 11) is 1.95. The highest BCUT2D eigenvalue weighted by atomic mass is 16.3. The van der Waals surface area contributed by atoms with E-state index in [2.05, 4.69) is 4.99 Å². The number of hydrogen-bond donors (Lipinski definition) is 2. The number of likely N-dealkylation sites (N-methyl/N-ethyl adjacent to an activating group) is 1. The molecule has 1 aliphatic heterocycles. The molecule has 2 aromatic rings. The lowest BCUT2D eigenvalue weighted by Crippen LogP contribution is -3.08. The van der Waals surface area contributed by atoms with Crippen LogP contribution in [0.1, 0.15) is 16.1 Å². The fraction of sp³-hybridized carbons (Fsp3) is 0.188. The molecule has 5 nitrogen and oxygen atoms in total. The van der Waals surface area contributed by atoms with Crippen LogP contribution in [0.15, 0.2) is 41.0 Å². The number of ketones is 1. The summed E-state index contributed by atoms with van der Waals surface area (Å²) in [5.41, 5.74) is 0.625. The molecular weight excluding hydrogens is 268 g/mol. The summed E-state index contributed by atoms with van der Waals surface area (Å²) in [4.78, 5) is 27.3. The number of hydrogen-bond acceptors (Lipinski definition) is 3. The molecule has 0 spiro atoms. The Labute approximate surface area is 121 Å². The number of amides is 1. The summed E-state index contributed by atoms with van der Waals surface area (Å²) in [6.07, 6.45) is 3.14. The Balaban J connectivity index is 1.72. The zero-order valence-corrected chi connectivity index (χ0v) is 11.7. The monoisotopic (exact) mass is 284 g/mol. The summed E-state index contributed by atoms with van der Waals surface area (Å²) >= 11 is 0. The van der Waals surface area contributed by atoms with Crippen molar-refractivity contribution in [1.29, 1.82) is 0 Å². The molecule has 2 N–H and O–H groups in total. The molecule has 1 amide bonds. The molecule has 5 heteroatoms. The molecular formula is C16H16N2O3+2. The largest absolute Gasteiger partial charge is 0.463 e. The molecule has 1 unspecified atom stereocenters. The van der Waals surface area contributed by atoms with Gasteiger partial charge in [-0.1, -0.05) is 0 Å². The molecule has 0 aliphatic carbocycles. The van der Waals surface area contributed by atoms with Crippen molar-refractivity contribution in [2.75, 3.05) is 13.6 Å². The van der Waals surface area contributed by atoms with Crippen molar-refractivity contribution in [3.63, 3.8) is 0 Å². The second-order valence-electron chi connectivity index (χ2n) is 5.25. The van der Waals surface area contributed by atoms with E-state index in [9.17, 15) is 9.59 Å². The molecule has 3 rings (SSSR count). The van der Waals surface area contributed by atoms with Gasteiger partial charge in [-0.25, -0.2) is 4.79 Å². The van der Waals surface area contributed by atoms with E-state index in [1.165, 1.54) is 6.08 Å². The smallest absolute Gasteiger partial charge is 0.411 e. The predicted molar refractivity (Wildman–Crippen MR) is 73.7 cm³/mol. The van der Waals surface area contributed by atoms with Gasteiger partial charge in [-0.15, -0.1) is 0 Å². The second-order valence-corrected chi connectivity index (χ2v) is 5.25. The van der Waals surface area contributed by atoms with Gasteiger partial charge in [-0.2, -0.15) is 4.99 Å². The highest BCUT2D eigenvalue weighted by Crippen LogP contribution is 1.97. The fourth-order valence-corrected chi connectivity index (χ4v) is 2.43. The Morgan fingerprint density at radius 3 is 2.95 bits per heavy atom. The van der Waals surface area contributed by atoms with E-state index in [1.54, 1.807) is 24.5 Å². The number of quaternary nitrogens is 1. The lowest BCUT2D eigenvalue weighted by Gasteiger charge is -2.11. The van der Waals surface area contributed by atoms with Crippen LogP contribution in [0.4, 0.5) is 0 Å². The first-order chi connectivity index (χ1) is 10.1. The van der Waals surface area contributed by atoms with Crippen molar-refractivity contribution in [3.8, 4) is 0 Å². The molecule has 0 saturated heterocycles. The average Bonchev–Trinajstić information content (AvgIpc) is 3.05. The summed E-state index contributed by atoms with van der Waals surface area (Å²) < 4.78 is 5.28. The van der Waals surface area contributed by atoms with Gasteiger partial charge >= 0.3 is 5.91 Å². The van der Waals surface area contributed by atoms with Gasteiger partial charge in [-0.3, -0.25) is 4.79 Å². The molecule has 1 atom stereocenters. The highest BCUT2D eigenvalue weighted by molar-refractivity contribution is 6.00. The van der Waals surface area contributed by atoms with E-state index in [-0.39, 0.29) is 11.7 Å². The number of carbonyl (C=O) groups excluding carboxylic acids is 2. The van der Waals surface area contributed by atoms with Crippen molar-refractivity contribution in [3.05, 3.63) is 58.5 Å². The minimum Gasteiger partial charge on any atom is -0.463 e. The van der Waals surface area contributed by atoms with Crippen LogP contribution in [0.5, 0.6) is 0 Å². The fourth-order valence-electron chi connectivity index (χ4n) is 2.43. The van der Waals surface area contributed by atoms with Crippen LogP contribution in [0.3, 0.4) is 0 Å². The first-order valence-electron chi connectivity index (χ1n) is 6.78. The minimum atomic E-state index is -0.143. The van der Waals surface area contributed by atoms with Gasteiger partial charge in [0.1, 0.15) is 13.1 Å². The van der Waals surface area contributed by atoms with Crippen molar-refractivity contribution >= 4 is 17.8 Å². The normalized spacial score (nSPS) is 14.2. The number of nitrogens with one attached hydrogen (secondary N) is 2. The third-order valence-electron chi connectivity index (χ3n) is 3.44. The van der Waals surface area contributed by atoms with Crippen LogP contribution in [0, 0.1) is 0 Å². The van der Waals surface area contributed by atoms with Crippen LogP contribution in [0.2, 0.25) is 0 Å². The van der Waals surface area contributed by atoms with Crippen LogP contribution < -0.4 is 20.5 Å². The number of benzene rings is 1. The summed E-state index contributed by atoms with van der Waals surface area (Å²) in [5.74, 6) is 0.766. The lowest BCUT2D eigenvalue weighted by molar-refractivity contribution is -0.885. The van der Waals surface area contributed by atoms with E-state index >= 15 is 0 Å². The molecule has 1 aliphatic rings. The summed E-state index contributed by atoms with van der Waals surface area (Å²) in [6, 6.07) is 9.02. The van der Waals surface area contributed by atoms with E-state index in [4.69, 9.17) is 4.42 Å². The van der Waals surface area contributed by atoms with E-state index in [1.807, 2.05) is 19.2 Å². The Kier molecular flexibility index (Phi) is 3.50. The number of carbonyl (C=O) groups is 2. The second kappa shape index (κ2) is 5.46. The Morgan fingerprint density at radius 1 is 1.33 bits per heavy atom. The number of Topliss-reactive ketones (excluding diaryl/α,β-unsaturated/α-hetero) is 1. The molecule has 1 aromatic carbocycles. The van der Waals surface area contributed by atoms with E-state index < -0.39 is 0 Å². The van der Waals surface area contributed by atoms with Gasteiger partial charge in [0.05, 0.1) is 24.6 Å². The van der Waals surface area contributed by atoms with Crippen molar-refractivity contribution < 1.29 is 23.9 Å². The van der Waals surface area contributed by atoms with Crippen LogP contribution in [-0.2, 0) is 11.3 Å². The Bertz CT molecular complexity index is 807. The lowest BCUT2D eigenvalue weighted by atomic mass is 10.1. The number of furan rings is 1.